The van der Waals surface area contributed by atoms with E-state index in [1.807, 2.05) is 18.4 Å². The van der Waals surface area contributed by atoms with E-state index in [4.69, 9.17) is 10.5 Å². The summed E-state index contributed by atoms with van der Waals surface area (Å²) in [7, 11) is 0. The average molecular weight is 723 g/mol. The summed E-state index contributed by atoms with van der Waals surface area (Å²) in [4.78, 5) is 14.7. The van der Waals surface area contributed by atoms with Gasteiger partial charge in [0.1, 0.15) is 6.10 Å². The maximum atomic E-state index is 14.7. The highest BCUT2D eigenvalue weighted by molar-refractivity contribution is 6.00. The van der Waals surface area contributed by atoms with Gasteiger partial charge in [0, 0.05) is 17.5 Å². The van der Waals surface area contributed by atoms with E-state index < -0.39 is 58.3 Å². The zero-order chi connectivity index (χ0) is 37.0. The topological polar surface area (TPSA) is 165 Å². The Hall–Kier alpha value is -1.59. The van der Waals surface area contributed by atoms with Crippen molar-refractivity contribution >= 4 is 5.78 Å². The van der Waals surface area contributed by atoms with Crippen LogP contribution in [0.15, 0.2) is 35.1 Å². The molecule has 0 aromatic heterocycles. The van der Waals surface area contributed by atoms with Crippen molar-refractivity contribution in [3.05, 3.63) is 35.1 Å². The van der Waals surface area contributed by atoms with Crippen LogP contribution in [-0.4, -0.2) is 79.2 Å². The molecule has 17 unspecified atom stereocenters. The van der Waals surface area contributed by atoms with Crippen LogP contribution in [0.1, 0.15) is 124 Å². The SMILES string of the molecule is CCCC1CCC2OC(C(O)C(C)(O)C3CC4CCC5=C6C(CCC3(C)C64O)C3(CCC4=CNC(N)C=C4)CC(O)C(O)CC3C5=O)C(C)C2CC1. The highest BCUT2D eigenvalue weighted by Crippen LogP contribution is 2.74. The van der Waals surface area contributed by atoms with E-state index in [1.165, 1.54) is 19.3 Å². The van der Waals surface area contributed by atoms with Gasteiger partial charge in [0.25, 0.3) is 0 Å². The molecule has 52 heavy (non-hydrogen) atoms. The summed E-state index contributed by atoms with van der Waals surface area (Å²) in [5.74, 6) is 0.185. The Balaban J connectivity index is 1.11. The average Bonchev–Trinajstić information content (AvgIpc) is 3.45. The van der Waals surface area contributed by atoms with Crippen molar-refractivity contribution in [2.24, 2.45) is 58.0 Å². The number of hydrogen-bond donors (Lipinski definition) is 7. The number of nitrogens with one attached hydrogen (secondary N) is 1. The minimum Gasteiger partial charge on any atom is -0.390 e. The van der Waals surface area contributed by atoms with E-state index in [0.717, 1.165) is 48.3 Å². The van der Waals surface area contributed by atoms with Crippen molar-refractivity contribution < 1.29 is 35.1 Å². The van der Waals surface area contributed by atoms with Crippen LogP contribution in [0.25, 0.3) is 0 Å². The number of ketones is 1. The van der Waals surface area contributed by atoms with Gasteiger partial charge in [0.05, 0.1) is 41.8 Å². The van der Waals surface area contributed by atoms with Crippen LogP contribution in [0.2, 0.25) is 0 Å². The summed E-state index contributed by atoms with van der Waals surface area (Å²) < 4.78 is 6.73. The maximum absolute atomic E-state index is 14.7. The number of carbonyl (C=O) groups excluding carboxylic acids is 1. The number of allylic oxidation sites excluding steroid dienone is 3. The summed E-state index contributed by atoms with van der Waals surface area (Å²) in [6, 6.07) is 0. The lowest BCUT2D eigenvalue weighted by Crippen LogP contribution is -2.66. The lowest BCUT2D eigenvalue weighted by atomic mass is 9.41. The van der Waals surface area contributed by atoms with E-state index in [0.29, 0.717) is 50.9 Å². The number of carbonyl (C=O) groups is 1. The first-order valence-electron chi connectivity index (χ1n) is 21.0. The highest BCUT2D eigenvalue weighted by Gasteiger charge is 2.75. The fraction of sp³-hybridized carbons (Fsp3) is 0.837. The molecular weight excluding hydrogens is 656 g/mol. The molecule has 5 fully saturated rings. The van der Waals surface area contributed by atoms with Crippen LogP contribution in [-0.2, 0) is 9.53 Å². The third-order valence-electron chi connectivity index (χ3n) is 17.0. The largest absolute Gasteiger partial charge is 0.390 e. The van der Waals surface area contributed by atoms with Crippen molar-refractivity contribution in [1.29, 1.82) is 0 Å². The van der Waals surface area contributed by atoms with Gasteiger partial charge in [-0.3, -0.25) is 4.79 Å². The van der Waals surface area contributed by atoms with Crippen molar-refractivity contribution in [3.63, 3.8) is 0 Å². The molecule has 2 aliphatic heterocycles. The summed E-state index contributed by atoms with van der Waals surface area (Å²) in [5, 5.41) is 63.8. The molecule has 1 saturated heterocycles. The van der Waals surface area contributed by atoms with Gasteiger partial charge in [-0.05, 0) is 148 Å². The number of ether oxygens (including phenoxy) is 1. The van der Waals surface area contributed by atoms with Crippen LogP contribution in [0.5, 0.6) is 0 Å². The van der Waals surface area contributed by atoms with E-state index in [1.54, 1.807) is 6.92 Å². The van der Waals surface area contributed by atoms with Gasteiger partial charge in [-0.1, -0.05) is 46.1 Å². The molecule has 0 radical (unpaired) electrons. The van der Waals surface area contributed by atoms with E-state index in [9.17, 15) is 30.3 Å². The van der Waals surface area contributed by atoms with Crippen molar-refractivity contribution in [2.75, 3.05) is 0 Å². The molecule has 290 valence electrons. The summed E-state index contributed by atoms with van der Waals surface area (Å²) >= 11 is 0. The smallest absolute Gasteiger partial charge is 0.162 e. The molecule has 8 rings (SSSR count). The molecule has 4 saturated carbocycles. The third kappa shape index (κ3) is 5.37. The standard InChI is InChI=1S/C43H66N2O7/c1-5-6-24-7-11-27-23(2)38(52-33(27)13-8-24)39(49)41(4,50)34-19-26-10-12-28-36-29(16-17-40(34,3)43(26,36)51)42(18-15-25-9-14-35(44)45-22-25)21-32(47)31(46)20-30(42)37(28)48/h9,14,22-24,26-27,29-35,38-39,45-47,49-51H,5-8,10-13,15-21,44H2,1-4H3. The Bertz CT molecular complexity index is 1510. The molecule has 0 aromatic carbocycles. The van der Waals surface area contributed by atoms with Crippen LogP contribution < -0.4 is 11.1 Å². The summed E-state index contributed by atoms with van der Waals surface area (Å²) in [5.41, 5.74) is 4.48. The highest BCUT2D eigenvalue weighted by atomic mass is 16.5. The van der Waals surface area contributed by atoms with Gasteiger partial charge >= 0.3 is 0 Å². The summed E-state index contributed by atoms with van der Waals surface area (Å²) in [6.07, 6.45) is 14.3. The van der Waals surface area contributed by atoms with Gasteiger partial charge in [-0.15, -0.1) is 0 Å². The molecule has 6 aliphatic carbocycles. The number of hydrogen-bond acceptors (Lipinski definition) is 9. The molecule has 0 spiro atoms. The molecule has 8 N–H and O–H groups in total. The van der Waals surface area contributed by atoms with E-state index >= 15 is 0 Å². The zero-order valence-corrected chi connectivity index (χ0v) is 32.0. The Morgan fingerprint density at radius 1 is 1.10 bits per heavy atom. The van der Waals surface area contributed by atoms with Crippen molar-refractivity contribution in [1.82, 2.24) is 5.32 Å². The minimum absolute atomic E-state index is 0.0322. The molecule has 8 aliphatic rings. The third-order valence-corrected chi connectivity index (χ3v) is 17.0. The Labute approximate surface area is 310 Å². The minimum atomic E-state index is -1.51. The summed E-state index contributed by atoms with van der Waals surface area (Å²) in [6.45, 7) is 8.35. The molecule has 0 aromatic rings. The molecular formula is C43H66N2O7. The van der Waals surface area contributed by atoms with Gasteiger partial charge in [-0.25, -0.2) is 0 Å². The monoisotopic (exact) mass is 722 g/mol. The number of dihydropyridines is 1. The first kappa shape index (κ1) is 37.3. The molecule has 2 heterocycles. The van der Waals surface area contributed by atoms with Crippen LogP contribution in [0.3, 0.4) is 0 Å². The number of Topliss-reactive ketones (excluding diaryl/α,β-unsaturated/α-hetero) is 1. The number of rotatable bonds is 8. The first-order chi connectivity index (χ1) is 24.7. The predicted octanol–water partition coefficient (Wildman–Crippen LogP) is 4.79. The molecule has 9 nitrogen and oxygen atoms in total. The maximum Gasteiger partial charge on any atom is 0.162 e. The number of nitrogens with two attached hydrogens (primary N) is 1. The van der Waals surface area contributed by atoms with Crippen LogP contribution >= 0.6 is 0 Å². The quantitative estimate of drug-likeness (QED) is 0.187. The number of aliphatic hydroxyl groups excluding tert-OH is 3. The van der Waals surface area contributed by atoms with Gasteiger partial charge in [0.2, 0.25) is 0 Å². The second kappa shape index (κ2) is 13.3. The van der Waals surface area contributed by atoms with Crippen LogP contribution in [0, 0.1) is 52.3 Å². The first-order valence-corrected chi connectivity index (χ1v) is 21.0. The molecule has 0 bridgehead atoms. The predicted molar refractivity (Wildman–Crippen MR) is 198 cm³/mol. The Morgan fingerprint density at radius 3 is 2.60 bits per heavy atom. The Morgan fingerprint density at radius 2 is 1.87 bits per heavy atom. The molecule has 9 heteroatoms. The lowest BCUT2D eigenvalue weighted by Gasteiger charge is -2.64. The van der Waals surface area contributed by atoms with Crippen molar-refractivity contribution in [2.45, 2.75) is 172 Å². The van der Waals surface area contributed by atoms with E-state index in [-0.39, 0.29) is 42.2 Å². The zero-order valence-electron chi connectivity index (χ0n) is 32.0. The number of aliphatic hydroxyl groups is 5. The lowest BCUT2D eigenvalue weighted by molar-refractivity contribution is -0.202. The second-order valence-electron chi connectivity index (χ2n) is 19.3. The van der Waals surface area contributed by atoms with Gasteiger partial charge in [0.15, 0.2) is 5.78 Å². The fourth-order valence-electron chi connectivity index (χ4n) is 14.2. The number of fused-ring (bicyclic) bond motifs is 3. The van der Waals surface area contributed by atoms with E-state index in [2.05, 4.69) is 26.1 Å². The Kier molecular flexibility index (Phi) is 9.53. The molecule has 17 atom stereocenters. The van der Waals surface area contributed by atoms with Crippen molar-refractivity contribution in [3.8, 4) is 0 Å². The van der Waals surface area contributed by atoms with Gasteiger partial charge < -0.3 is 41.3 Å². The normalized spacial score (nSPS) is 50.0. The second-order valence-corrected chi connectivity index (χ2v) is 19.3. The van der Waals surface area contributed by atoms with Crippen LogP contribution in [0.4, 0.5) is 0 Å². The fourth-order valence-corrected chi connectivity index (χ4v) is 14.2. The molecule has 0 amide bonds. The van der Waals surface area contributed by atoms with Gasteiger partial charge in [-0.2, -0.15) is 0 Å².